The van der Waals surface area contributed by atoms with Crippen LogP contribution in [-0.2, 0) is 0 Å². The van der Waals surface area contributed by atoms with Crippen LogP contribution < -0.4 is 5.32 Å². The van der Waals surface area contributed by atoms with E-state index in [1.165, 1.54) is 5.56 Å². The molecular formula is C13H16N2O. The lowest BCUT2D eigenvalue weighted by molar-refractivity contribution is 0.562. The van der Waals surface area contributed by atoms with E-state index >= 15 is 0 Å². The first-order valence-corrected chi connectivity index (χ1v) is 5.38. The summed E-state index contributed by atoms with van der Waals surface area (Å²) in [5.74, 6) is 0. The molecule has 0 bridgehead atoms. The molecule has 0 radical (unpaired) electrons. The van der Waals surface area contributed by atoms with Crippen molar-refractivity contribution in [2.45, 2.75) is 26.8 Å². The topological polar surface area (TPSA) is 38.1 Å². The monoisotopic (exact) mass is 216 g/mol. The molecule has 0 amide bonds. The number of furan rings is 1. The maximum Gasteiger partial charge on any atom is 0.0955 e. The quantitative estimate of drug-likeness (QED) is 0.853. The lowest BCUT2D eigenvalue weighted by Gasteiger charge is -2.14. The molecule has 0 aromatic carbocycles. The van der Waals surface area contributed by atoms with E-state index in [2.05, 4.69) is 30.2 Å². The summed E-state index contributed by atoms with van der Waals surface area (Å²) in [5, 5.41) is 3.39. The van der Waals surface area contributed by atoms with Gasteiger partial charge < -0.3 is 9.73 Å². The van der Waals surface area contributed by atoms with Gasteiger partial charge in [0.2, 0.25) is 0 Å². The van der Waals surface area contributed by atoms with Crippen LogP contribution >= 0.6 is 0 Å². The van der Waals surface area contributed by atoms with E-state index in [-0.39, 0.29) is 6.04 Å². The van der Waals surface area contributed by atoms with Gasteiger partial charge in [-0.2, -0.15) is 0 Å². The van der Waals surface area contributed by atoms with Crippen LogP contribution in [0.25, 0.3) is 0 Å². The van der Waals surface area contributed by atoms with Crippen LogP contribution in [0.1, 0.15) is 29.8 Å². The molecule has 3 heteroatoms. The summed E-state index contributed by atoms with van der Waals surface area (Å²) in [7, 11) is 0. The van der Waals surface area contributed by atoms with Crippen molar-refractivity contribution in [2.75, 3.05) is 5.32 Å². The van der Waals surface area contributed by atoms with Crippen LogP contribution in [0.3, 0.4) is 0 Å². The lowest BCUT2D eigenvalue weighted by Crippen LogP contribution is -2.06. The Balaban J connectivity index is 2.12. The number of aryl methyl sites for hydroxylation is 2. The van der Waals surface area contributed by atoms with Gasteiger partial charge in [0.25, 0.3) is 0 Å². The maximum atomic E-state index is 5.06. The molecule has 0 saturated heterocycles. The Morgan fingerprint density at radius 2 is 2.19 bits per heavy atom. The summed E-state index contributed by atoms with van der Waals surface area (Å²) in [6.45, 7) is 6.18. The normalized spacial score (nSPS) is 12.4. The number of nitrogens with one attached hydrogen (secondary N) is 1. The second-order valence-corrected chi connectivity index (χ2v) is 4.05. The Hall–Kier alpha value is -1.77. The van der Waals surface area contributed by atoms with Crippen LogP contribution in [0, 0.1) is 13.8 Å². The van der Waals surface area contributed by atoms with Gasteiger partial charge >= 0.3 is 0 Å². The third-order valence-electron chi connectivity index (χ3n) is 2.77. The lowest BCUT2D eigenvalue weighted by atomic mass is 10.1. The van der Waals surface area contributed by atoms with Gasteiger partial charge in [0.1, 0.15) is 0 Å². The minimum Gasteiger partial charge on any atom is -0.472 e. The van der Waals surface area contributed by atoms with Gasteiger partial charge in [-0.3, -0.25) is 4.98 Å². The van der Waals surface area contributed by atoms with Crippen molar-refractivity contribution in [3.05, 3.63) is 47.7 Å². The van der Waals surface area contributed by atoms with E-state index < -0.39 is 0 Å². The SMILES string of the molecule is Cc1cc(NC(C)c2ccoc2)cnc1C. The van der Waals surface area contributed by atoms with E-state index in [9.17, 15) is 0 Å². The average Bonchev–Trinajstić information content (AvgIpc) is 2.77. The zero-order valence-electron chi connectivity index (χ0n) is 9.82. The molecule has 1 atom stereocenters. The fourth-order valence-electron chi connectivity index (χ4n) is 1.58. The Kier molecular flexibility index (Phi) is 2.95. The second-order valence-electron chi connectivity index (χ2n) is 4.05. The number of aromatic nitrogens is 1. The summed E-state index contributed by atoms with van der Waals surface area (Å²) < 4.78 is 5.06. The van der Waals surface area contributed by atoms with E-state index in [4.69, 9.17) is 4.42 Å². The number of rotatable bonds is 3. The van der Waals surface area contributed by atoms with Crippen LogP contribution in [-0.4, -0.2) is 4.98 Å². The summed E-state index contributed by atoms with van der Waals surface area (Å²) in [6.07, 6.45) is 5.30. The molecule has 0 aliphatic carbocycles. The van der Waals surface area contributed by atoms with Crippen LogP contribution in [0.2, 0.25) is 0 Å². The molecule has 2 rings (SSSR count). The predicted octanol–water partition coefficient (Wildman–Crippen LogP) is 3.46. The van der Waals surface area contributed by atoms with E-state index in [1.807, 2.05) is 19.2 Å². The molecule has 3 nitrogen and oxygen atoms in total. The van der Waals surface area contributed by atoms with Crippen molar-refractivity contribution in [2.24, 2.45) is 0 Å². The minimum atomic E-state index is 0.225. The molecule has 16 heavy (non-hydrogen) atoms. The maximum absolute atomic E-state index is 5.06. The predicted molar refractivity (Wildman–Crippen MR) is 64.5 cm³/mol. The highest BCUT2D eigenvalue weighted by Gasteiger charge is 2.06. The fourth-order valence-corrected chi connectivity index (χ4v) is 1.58. The molecule has 2 aromatic rings. The smallest absolute Gasteiger partial charge is 0.0955 e. The number of nitrogens with zero attached hydrogens (tertiary/aromatic N) is 1. The molecular weight excluding hydrogens is 200 g/mol. The molecule has 0 fully saturated rings. The highest BCUT2D eigenvalue weighted by molar-refractivity contribution is 5.46. The third-order valence-corrected chi connectivity index (χ3v) is 2.77. The van der Waals surface area contributed by atoms with Gasteiger partial charge in [0, 0.05) is 11.3 Å². The second kappa shape index (κ2) is 4.39. The van der Waals surface area contributed by atoms with Gasteiger partial charge in [-0.25, -0.2) is 0 Å². The Morgan fingerprint density at radius 1 is 1.38 bits per heavy atom. The fraction of sp³-hybridized carbons (Fsp3) is 0.308. The number of anilines is 1. The number of hydrogen-bond donors (Lipinski definition) is 1. The molecule has 1 N–H and O–H groups in total. The van der Waals surface area contributed by atoms with Crippen molar-refractivity contribution in [1.29, 1.82) is 0 Å². The highest BCUT2D eigenvalue weighted by atomic mass is 16.3. The minimum absolute atomic E-state index is 0.225. The molecule has 0 aliphatic rings. The molecule has 0 saturated carbocycles. The van der Waals surface area contributed by atoms with Crippen LogP contribution in [0.15, 0.2) is 35.3 Å². The summed E-state index contributed by atoms with van der Waals surface area (Å²) in [5.41, 5.74) is 4.45. The van der Waals surface area contributed by atoms with E-state index in [1.54, 1.807) is 12.5 Å². The van der Waals surface area contributed by atoms with Crippen molar-refractivity contribution in [1.82, 2.24) is 4.98 Å². The average molecular weight is 216 g/mol. The summed E-state index contributed by atoms with van der Waals surface area (Å²) in [4.78, 5) is 4.33. The Labute approximate surface area is 95.5 Å². The molecule has 84 valence electrons. The van der Waals surface area contributed by atoms with Crippen molar-refractivity contribution in [3.63, 3.8) is 0 Å². The van der Waals surface area contributed by atoms with Crippen molar-refractivity contribution < 1.29 is 4.42 Å². The number of hydrogen-bond acceptors (Lipinski definition) is 3. The highest BCUT2D eigenvalue weighted by Crippen LogP contribution is 2.20. The number of pyridine rings is 1. The molecule has 2 aromatic heterocycles. The van der Waals surface area contributed by atoms with Crippen molar-refractivity contribution in [3.8, 4) is 0 Å². The molecule has 0 spiro atoms. The Morgan fingerprint density at radius 3 is 2.81 bits per heavy atom. The van der Waals surface area contributed by atoms with Gasteiger partial charge in [-0.15, -0.1) is 0 Å². The summed E-state index contributed by atoms with van der Waals surface area (Å²) in [6, 6.07) is 4.30. The molecule has 2 heterocycles. The van der Waals surface area contributed by atoms with E-state index in [0.717, 1.165) is 16.9 Å². The Bertz CT molecular complexity index is 463. The molecule has 1 unspecified atom stereocenters. The largest absolute Gasteiger partial charge is 0.472 e. The van der Waals surface area contributed by atoms with Crippen LogP contribution in [0.5, 0.6) is 0 Å². The zero-order valence-corrected chi connectivity index (χ0v) is 9.82. The first-order chi connectivity index (χ1) is 7.66. The van der Waals surface area contributed by atoms with Crippen molar-refractivity contribution >= 4 is 5.69 Å². The first-order valence-electron chi connectivity index (χ1n) is 5.38. The van der Waals surface area contributed by atoms with Gasteiger partial charge in [0.05, 0.1) is 30.5 Å². The van der Waals surface area contributed by atoms with Crippen LogP contribution in [0.4, 0.5) is 5.69 Å². The molecule has 0 aliphatic heterocycles. The van der Waals surface area contributed by atoms with Gasteiger partial charge in [-0.05, 0) is 38.5 Å². The summed E-state index contributed by atoms with van der Waals surface area (Å²) >= 11 is 0. The third kappa shape index (κ3) is 2.24. The van der Waals surface area contributed by atoms with E-state index in [0.29, 0.717) is 0 Å². The first kappa shape index (κ1) is 10.7. The standard InChI is InChI=1S/C13H16N2O/c1-9-6-13(7-14-10(9)2)15-11(3)12-4-5-16-8-12/h4-8,11,15H,1-3H3. The van der Waals surface area contributed by atoms with Gasteiger partial charge in [0.15, 0.2) is 0 Å². The van der Waals surface area contributed by atoms with Gasteiger partial charge in [-0.1, -0.05) is 0 Å². The zero-order chi connectivity index (χ0) is 11.5.